The SMILES string of the molecule is C=CCCCCOC(=O)CCC(=O)Oc1cccc(Cl)c1Cl. The van der Waals surface area contributed by atoms with Gasteiger partial charge in [0.05, 0.1) is 24.5 Å². The minimum absolute atomic E-state index is 0.0293. The Morgan fingerprint density at radius 3 is 2.59 bits per heavy atom. The van der Waals surface area contributed by atoms with Gasteiger partial charge in [0.2, 0.25) is 0 Å². The lowest BCUT2D eigenvalue weighted by molar-refractivity contribution is -0.147. The van der Waals surface area contributed by atoms with Crippen LogP contribution in [0.4, 0.5) is 0 Å². The van der Waals surface area contributed by atoms with Crippen molar-refractivity contribution in [1.82, 2.24) is 0 Å². The topological polar surface area (TPSA) is 52.6 Å². The Kier molecular flexibility index (Phi) is 8.63. The summed E-state index contributed by atoms with van der Waals surface area (Å²) in [5, 5.41) is 0.466. The molecule has 6 heteroatoms. The van der Waals surface area contributed by atoms with Crippen LogP contribution in [0.25, 0.3) is 0 Å². The van der Waals surface area contributed by atoms with Crippen LogP contribution in [-0.2, 0) is 14.3 Å². The predicted octanol–water partition coefficient (Wildman–Crippen LogP) is 4.58. The molecular formula is C16H18Cl2O4. The first kappa shape index (κ1) is 18.5. The Balaban J connectivity index is 2.26. The second-order valence-corrected chi connectivity index (χ2v) is 5.32. The summed E-state index contributed by atoms with van der Waals surface area (Å²) in [7, 11) is 0. The van der Waals surface area contributed by atoms with Crippen LogP contribution in [-0.4, -0.2) is 18.5 Å². The van der Waals surface area contributed by atoms with Crippen molar-refractivity contribution in [3.63, 3.8) is 0 Å². The van der Waals surface area contributed by atoms with Gasteiger partial charge in [-0.25, -0.2) is 0 Å². The van der Waals surface area contributed by atoms with Crippen molar-refractivity contribution in [3.8, 4) is 5.75 Å². The summed E-state index contributed by atoms with van der Waals surface area (Å²) < 4.78 is 10.1. The van der Waals surface area contributed by atoms with Crippen molar-refractivity contribution < 1.29 is 19.1 Å². The van der Waals surface area contributed by atoms with Crippen molar-refractivity contribution in [3.05, 3.63) is 40.9 Å². The minimum Gasteiger partial charge on any atom is -0.466 e. The molecule has 0 aromatic heterocycles. The van der Waals surface area contributed by atoms with Gasteiger partial charge in [0, 0.05) is 0 Å². The molecule has 22 heavy (non-hydrogen) atoms. The highest BCUT2D eigenvalue weighted by molar-refractivity contribution is 6.43. The van der Waals surface area contributed by atoms with Crippen LogP contribution in [0, 0.1) is 0 Å². The molecule has 0 bridgehead atoms. The Morgan fingerprint density at radius 1 is 1.14 bits per heavy atom. The number of unbranched alkanes of at least 4 members (excludes halogenated alkanes) is 2. The van der Waals surface area contributed by atoms with Gasteiger partial charge in [0.1, 0.15) is 5.02 Å². The molecule has 4 nitrogen and oxygen atoms in total. The Bertz CT molecular complexity index is 529. The molecule has 1 rings (SSSR count). The summed E-state index contributed by atoms with van der Waals surface area (Å²) in [6, 6.07) is 4.74. The number of benzene rings is 1. The highest BCUT2D eigenvalue weighted by Gasteiger charge is 2.13. The van der Waals surface area contributed by atoms with Gasteiger partial charge in [-0.15, -0.1) is 6.58 Å². The largest absolute Gasteiger partial charge is 0.466 e. The summed E-state index contributed by atoms with van der Waals surface area (Å²) >= 11 is 11.7. The van der Waals surface area contributed by atoms with E-state index in [1.807, 2.05) is 6.08 Å². The predicted molar refractivity (Wildman–Crippen MR) is 86.3 cm³/mol. The highest BCUT2D eigenvalue weighted by atomic mass is 35.5. The number of esters is 2. The number of hydrogen-bond donors (Lipinski definition) is 0. The quantitative estimate of drug-likeness (QED) is 0.285. The molecule has 1 aromatic carbocycles. The van der Waals surface area contributed by atoms with Gasteiger partial charge >= 0.3 is 11.9 Å². The summed E-state index contributed by atoms with van der Waals surface area (Å²) in [6.07, 6.45) is 4.31. The Morgan fingerprint density at radius 2 is 1.86 bits per heavy atom. The molecule has 120 valence electrons. The van der Waals surface area contributed by atoms with Crippen LogP contribution in [0.3, 0.4) is 0 Å². The standard InChI is InChI=1S/C16H18Cl2O4/c1-2-3-4-5-11-21-14(19)9-10-15(20)22-13-8-6-7-12(17)16(13)18/h2,6-8H,1,3-5,9-11H2. The zero-order valence-corrected chi connectivity index (χ0v) is 13.7. The molecule has 0 amide bonds. The third-order valence-corrected chi connectivity index (χ3v) is 3.54. The highest BCUT2D eigenvalue weighted by Crippen LogP contribution is 2.31. The van der Waals surface area contributed by atoms with Crippen molar-refractivity contribution in [2.45, 2.75) is 32.1 Å². The molecule has 0 atom stereocenters. The first-order valence-electron chi connectivity index (χ1n) is 6.95. The van der Waals surface area contributed by atoms with Crippen LogP contribution >= 0.6 is 23.2 Å². The maximum atomic E-state index is 11.7. The zero-order chi connectivity index (χ0) is 16.4. The average Bonchev–Trinajstić information content (AvgIpc) is 2.49. The lowest BCUT2D eigenvalue weighted by Gasteiger charge is -2.07. The number of halogens is 2. The number of ether oxygens (including phenoxy) is 2. The molecule has 0 fully saturated rings. The van der Waals surface area contributed by atoms with E-state index in [0.717, 1.165) is 19.3 Å². The van der Waals surface area contributed by atoms with Crippen LogP contribution < -0.4 is 4.74 Å². The lowest BCUT2D eigenvalue weighted by atomic mass is 10.2. The number of allylic oxidation sites excluding steroid dienone is 1. The van der Waals surface area contributed by atoms with Gasteiger partial charge in [0.15, 0.2) is 5.75 Å². The van der Waals surface area contributed by atoms with E-state index in [2.05, 4.69) is 6.58 Å². The van der Waals surface area contributed by atoms with Crippen molar-refractivity contribution in [2.75, 3.05) is 6.61 Å². The van der Waals surface area contributed by atoms with Crippen LogP contribution in [0.5, 0.6) is 5.75 Å². The molecule has 0 aliphatic carbocycles. The summed E-state index contributed by atoms with van der Waals surface area (Å²) in [4.78, 5) is 23.1. The van der Waals surface area contributed by atoms with Crippen LogP contribution in [0.15, 0.2) is 30.9 Å². The first-order valence-corrected chi connectivity index (χ1v) is 7.71. The molecule has 0 saturated heterocycles. The summed E-state index contributed by atoms with van der Waals surface area (Å²) in [5.74, 6) is -0.808. The van der Waals surface area contributed by atoms with E-state index in [1.165, 1.54) is 6.07 Å². The molecule has 0 unspecified atom stereocenters. The summed E-state index contributed by atoms with van der Waals surface area (Å²) in [6.45, 7) is 3.96. The van der Waals surface area contributed by atoms with E-state index < -0.39 is 11.9 Å². The number of carbonyl (C=O) groups is 2. The van der Waals surface area contributed by atoms with E-state index in [1.54, 1.807) is 12.1 Å². The molecule has 0 spiro atoms. The van der Waals surface area contributed by atoms with E-state index in [-0.39, 0.29) is 23.6 Å². The second kappa shape index (κ2) is 10.2. The fourth-order valence-corrected chi connectivity index (χ4v) is 1.92. The van der Waals surface area contributed by atoms with E-state index in [0.29, 0.717) is 11.6 Å². The van der Waals surface area contributed by atoms with Gasteiger partial charge in [-0.05, 0) is 31.4 Å². The van der Waals surface area contributed by atoms with Crippen molar-refractivity contribution in [1.29, 1.82) is 0 Å². The Labute approximate surface area is 140 Å². The van der Waals surface area contributed by atoms with Gasteiger partial charge in [-0.1, -0.05) is 35.3 Å². The molecule has 0 radical (unpaired) electrons. The second-order valence-electron chi connectivity index (χ2n) is 4.53. The van der Waals surface area contributed by atoms with E-state index >= 15 is 0 Å². The van der Waals surface area contributed by atoms with E-state index in [9.17, 15) is 9.59 Å². The number of carbonyl (C=O) groups excluding carboxylic acids is 2. The molecule has 0 heterocycles. The molecule has 0 aliphatic rings. The zero-order valence-electron chi connectivity index (χ0n) is 12.1. The van der Waals surface area contributed by atoms with Gasteiger partial charge in [0.25, 0.3) is 0 Å². The molecule has 0 saturated carbocycles. The van der Waals surface area contributed by atoms with E-state index in [4.69, 9.17) is 32.7 Å². The van der Waals surface area contributed by atoms with Gasteiger partial charge in [-0.3, -0.25) is 9.59 Å². The first-order chi connectivity index (χ1) is 10.5. The number of hydrogen-bond acceptors (Lipinski definition) is 4. The van der Waals surface area contributed by atoms with Crippen molar-refractivity contribution >= 4 is 35.1 Å². The minimum atomic E-state index is -0.562. The van der Waals surface area contributed by atoms with Gasteiger partial charge in [-0.2, -0.15) is 0 Å². The third-order valence-electron chi connectivity index (χ3n) is 2.74. The Hall–Kier alpha value is -1.52. The van der Waals surface area contributed by atoms with Gasteiger partial charge < -0.3 is 9.47 Å². The fraction of sp³-hybridized carbons (Fsp3) is 0.375. The molecule has 0 aliphatic heterocycles. The van der Waals surface area contributed by atoms with Crippen LogP contribution in [0.1, 0.15) is 32.1 Å². The molecular weight excluding hydrogens is 327 g/mol. The normalized spacial score (nSPS) is 10.1. The maximum Gasteiger partial charge on any atom is 0.311 e. The lowest BCUT2D eigenvalue weighted by Crippen LogP contribution is -2.13. The fourth-order valence-electron chi connectivity index (χ4n) is 1.59. The van der Waals surface area contributed by atoms with Crippen LogP contribution in [0.2, 0.25) is 10.0 Å². The molecule has 0 N–H and O–H groups in total. The summed E-state index contributed by atoms with van der Waals surface area (Å²) in [5.41, 5.74) is 0. The maximum absolute atomic E-state index is 11.7. The van der Waals surface area contributed by atoms with Crippen molar-refractivity contribution in [2.24, 2.45) is 0 Å². The number of rotatable bonds is 9. The molecule has 1 aromatic rings. The monoisotopic (exact) mass is 344 g/mol. The average molecular weight is 345 g/mol. The third kappa shape index (κ3) is 6.96. The smallest absolute Gasteiger partial charge is 0.311 e.